The molecule has 1 aliphatic carbocycles. The second-order valence-electron chi connectivity index (χ2n) is 7.34. The first kappa shape index (κ1) is 18.8. The summed E-state index contributed by atoms with van der Waals surface area (Å²) >= 11 is 1.56. The minimum absolute atomic E-state index is 0.0485. The van der Waals surface area contributed by atoms with Crippen molar-refractivity contribution in [1.82, 2.24) is 0 Å². The van der Waals surface area contributed by atoms with Gasteiger partial charge in [0.15, 0.2) is 6.61 Å². The Morgan fingerprint density at radius 3 is 2.57 bits per heavy atom. The van der Waals surface area contributed by atoms with Crippen molar-refractivity contribution in [3.8, 4) is 5.75 Å². The molecule has 0 atom stereocenters. The molecule has 30 heavy (non-hydrogen) atoms. The molecular weight excluding hydrogens is 396 g/mol. The normalized spacial score (nSPS) is 15.1. The number of carbonyl (C=O) groups excluding carboxylic acids is 2. The third-order valence-corrected chi connectivity index (χ3v) is 6.21. The van der Waals surface area contributed by atoms with Gasteiger partial charge in [-0.2, -0.15) is 0 Å². The van der Waals surface area contributed by atoms with Crippen LogP contribution in [0.15, 0.2) is 82.6 Å². The van der Waals surface area contributed by atoms with E-state index in [1.54, 1.807) is 11.8 Å². The fourth-order valence-electron chi connectivity index (χ4n) is 3.52. The summed E-state index contributed by atoms with van der Waals surface area (Å²) < 4.78 is 5.52. The van der Waals surface area contributed by atoms with Crippen LogP contribution in [0.5, 0.6) is 5.75 Å². The van der Waals surface area contributed by atoms with E-state index in [0.29, 0.717) is 11.4 Å². The number of hydrogen-bond donors (Lipinski definition) is 1. The predicted octanol–water partition coefficient (Wildman–Crippen LogP) is 4.98. The van der Waals surface area contributed by atoms with Gasteiger partial charge in [0.1, 0.15) is 5.75 Å². The molecule has 0 saturated heterocycles. The molecular formula is C24H20N2O3S. The van der Waals surface area contributed by atoms with Gasteiger partial charge < -0.3 is 15.0 Å². The summed E-state index contributed by atoms with van der Waals surface area (Å²) in [5.41, 5.74) is 2.32. The number of ether oxygens (including phenoxy) is 1. The zero-order valence-corrected chi connectivity index (χ0v) is 17.0. The number of carbonyl (C=O) groups is 2. The van der Waals surface area contributed by atoms with Crippen LogP contribution in [-0.4, -0.2) is 24.5 Å². The lowest BCUT2D eigenvalue weighted by Crippen LogP contribution is -2.32. The minimum Gasteiger partial charge on any atom is -0.484 e. The highest BCUT2D eigenvalue weighted by molar-refractivity contribution is 7.99. The Hall–Kier alpha value is -3.25. The molecule has 5 nitrogen and oxygen atoms in total. The Balaban J connectivity index is 1.38. The third-order valence-electron chi connectivity index (χ3n) is 5.08. The lowest BCUT2D eigenvalue weighted by molar-refractivity contribution is -0.118. The minimum atomic E-state index is -0.229. The zero-order valence-electron chi connectivity index (χ0n) is 16.2. The smallest absolute Gasteiger partial charge is 0.262 e. The van der Waals surface area contributed by atoms with Crippen LogP contribution in [0.25, 0.3) is 0 Å². The van der Waals surface area contributed by atoms with Gasteiger partial charge in [-0.05, 0) is 55.3 Å². The summed E-state index contributed by atoms with van der Waals surface area (Å²) in [4.78, 5) is 29.3. The number of nitrogens with one attached hydrogen (secondary N) is 1. The number of fused-ring (bicyclic) bond motifs is 2. The first-order valence-electron chi connectivity index (χ1n) is 9.91. The van der Waals surface area contributed by atoms with Crippen molar-refractivity contribution >= 4 is 35.0 Å². The molecule has 1 heterocycles. The standard InChI is InChI=1S/C24H20N2O3S/c27-23(15-29-18-6-2-1-3-7-18)25-16-10-13-20-22(14-16)30-21-9-5-4-8-19(21)24(28)26(20)17-11-12-17/h1-10,13-14,17H,11-12,15H2,(H,25,27). The summed E-state index contributed by atoms with van der Waals surface area (Å²) in [5, 5.41) is 2.90. The molecule has 5 rings (SSSR count). The number of para-hydroxylation sites is 1. The van der Waals surface area contributed by atoms with Crippen LogP contribution in [0.3, 0.4) is 0 Å². The number of anilines is 2. The molecule has 0 aromatic heterocycles. The second kappa shape index (κ2) is 7.88. The quantitative estimate of drug-likeness (QED) is 0.637. The van der Waals surface area contributed by atoms with E-state index < -0.39 is 0 Å². The van der Waals surface area contributed by atoms with Crippen molar-refractivity contribution in [3.05, 3.63) is 78.4 Å². The summed E-state index contributed by atoms with van der Waals surface area (Å²) in [7, 11) is 0. The van der Waals surface area contributed by atoms with Crippen LogP contribution in [0.2, 0.25) is 0 Å². The summed E-state index contributed by atoms with van der Waals surface area (Å²) in [5.74, 6) is 0.473. The van der Waals surface area contributed by atoms with Crippen LogP contribution in [0, 0.1) is 0 Å². The number of rotatable bonds is 5. The second-order valence-corrected chi connectivity index (χ2v) is 8.42. The summed E-state index contributed by atoms with van der Waals surface area (Å²) in [6.07, 6.45) is 2.04. The lowest BCUT2D eigenvalue weighted by Gasteiger charge is -2.23. The van der Waals surface area contributed by atoms with Gasteiger partial charge in [-0.25, -0.2) is 0 Å². The molecule has 1 N–H and O–H groups in total. The topological polar surface area (TPSA) is 58.6 Å². The fourth-order valence-corrected chi connectivity index (χ4v) is 4.63. The van der Waals surface area contributed by atoms with Crippen LogP contribution in [-0.2, 0) is 4.79 Å². The molecule has 1 fully saturated rings. The van der Waals surface area contributed by atoms with E-state index >= 15 is 0 Å². The highest BCUT2D eigenvalue weighted by Gasteiger charge is 2.38. The summed E-state index contributed by atoms with van der Waals surface area (Å²) in [6, 6.07) is 22.9. The van der Waals surface area contributed by atoms with Gasteiger partial charge in [-0.3, -0.25) is 9.59 Å². The van der Waals surface area contributed by atoms with E-state index in [9.17, 15) is 9.59 Å². The maximum Gasteiger partial charge on any atom is 0.262 e. The Morgan fingerprint density at radius 1 is 1.00 bits per heavy atom. The first-order valence-corrected chi connectivity index (χ1v) is 10.7. The monoisotopic (exact) mass is 416 g/mol. The number of benzene rings is 3. The molecule has 150 valence electrons. The van der Waals surface area contributed by atoms with E-state index in [-0.39, 0.29) is 24.5 Å². The van der Waals surface area contributed by atoms with Gasteiger partial charge >= 0.3 is 0 Å². The molecule has 3 aromatic rings. The van der Waals surface area contributed by atoms with Crippen LogP contribution < -0.4 is 15.0 Å². The fraction of sp³-hybridized carbons (Fsp3) is 0.167. The molecule has 0 bridgehead atoms. The van der Waals surface area contributed by atoms with E-state index in [0.717, 1.165) is 33.9 Å². The Morgan fingerprint density at radius 2 is 1.77 bits per heavy atom. The van der Waals surface area contributed by atoms with Gasteiger partial charge in [0.25, 0.3) is 11.8 Å². The average Bonchev–Trinajstić information content (AvgIpc) is 3.60. The number of nitrogens with zero attached hydrogens (tertiary/aromatic N) is 1. The van der Waals surface area contributed by atoms with Crippen LogP contribution >= 0.6 is 11.8 Å². The number of hydrogen-bond acceptors (Lipinski definition) is 4. The molecule has 3 aromatic carbocycles. The molecule has 0 radical (unpaired) electrons. The van der Waals surface area contributed by atoms with Crippen molar-refractivity contribution in [3.63, 3.8) is 0 Å². The molecule has 0 spiro atoms. The zero-order chi connectivity index (χ0) is 20.5. The van der Waals surface area contributed by atoms with Crippen molar-refractivity contribution < 1.29 is 14.3 Å². The van der Waals surface area contributed by atoms with Gasteiger partial charge in [0.05, 0.1) is 11.3 Å². The molecule has 2 aliphatic rings. The SMILES string of the molecule is O=C(COc1ccccc1)Nc1ccc2c(c1)Sc1ccccc1C(=O)N2C1CC1. The molecule has 0 unspecified atom stereocenters. The molecule has 2 amide bonds. The van der Waals surface area contributed by atoms with Crippen molar-refractivity contribution in [1.29, 1.82) is 0 Å². The number of amides is 2. The molecule has 6 heteroatoms. The van der Waals surface area contributed by atoms with Gasteiger partial charge in [0.2, 0.25) is 0 Å². The maximum absolute atomic E-state index is 13.2. The Bertz CT molecular complexity index is 1110. The lowest BCUT2D eigenvalue weighted by atomic mass is 10.1. The van der Waals surface area contributed by atoms with Crippen molar-refractivity contribution in [2.75, 3.05) is 16.8 Å². The summed E-state index contributed by atoms with van der Waals surface area (Å²) in [6.45, 7) is -0.0657. The van der Waals surface area contributed by atoms with E-state index in [1.807, 2.05) is 77.7 Å². The first-order chi connectivity index (χ1) is 14.7. The highest BCUT2D eigenvalue weighted by Crippen LogP contribution is 2.46. The maximum atomic E-state index is 13.2. The van der Waals surface area contributed by atoms with E-state index in [1.165, 1.54) is 0 Å². The molecule has 1 saturated carbocycles. The largest absolute Gasteiger partial charge is 0.484 e. The van der Waals surface area contributed by atoms with E-state index in [4.69, 9.17) is 4.74 Å². The van der Waals surface area contributed by atoms with Gasteiger partial charge in [0, 0.05) is 21.5 Å². The average molecular weight is 417 g/mol. The predicted molar refractivity (Wildman–Crippen MR) is 117 cm³/mol. The van der Waals surface area contributed by atoms with Crippen molar-refractivity contribution in [2.45, 2.75) is 28.7 Å². The van der Waals surface area contributed by atoms with Gasteiger partial charge in [-0.1, -0.05) is 42.1 Å². The van der Waals surface area contributed by atoms with E-state index in [2.05, 4.69) is 5.32 Å². The van der Waals surface area contributed by atoms with Crippen LogP contribution in [0.4, 0.5) is 11.4 Å². The van der Waals surface area contributed by atoms with Crippen LogP contribution in [0.1, 0.15) is 23.2 Å². The Labute approximate surface area is 179 Å². The Kier molecular flexibility index (Phi) is 4.93. The highest BCUT2D eigenvalue weighted by atomic mass is 32.2. The van der Waals surface area contributed by atoms with Gasteiger partial charge in [-0.15, -0.1) is 0 Å². The molecule has 1 aliphatic heterocycles. The third kappa shape index (κ3) is 3.78. The van der Waals surface area contributed by atoms with Crippen molar-refractivity contribution in [2.24, 2.45) is 0 Å².